The van der Waals surface area contributed by atoms with Crippen molar-refractivity contribution in [3.8, 4) is 5.75 Å². The average molecular weight is 433 g/mol. The molecule has 2 aromatic carbocycles. The number of amides is 1. The van der Waals surface area contributed by atoms with Crippen molar-refractivity contribution >= 4 is 33.3 Å². The van der Waals surface area contributed by atoms with Crippen molar-refractivity contribution in [2.75, 3.05) is 11.5 Å². The summed E-state index contributed by atoms with van der Waals surface area (Å²) >= 11 is 1.43. The molecule has 5 rings (SSSR count). The van der Waals surface area contributed by atoms with E-state index in [2.05, 4.69) is 4.98 Å². The molecule has 0 fully saturated rings. The van der Waals surface area contributed by atoms with Gasteiger partial charge in [-0.1, -0.05) is 24.3 Å². The van der Waals surface area contributed by atoms with Crippen molar-refractivity contribution in [1.29, 1.82) is 0 Å². The van der Waals surface area contributed by atoms with E-state index in [4.69, 9.17) is 9.15 Å². The van der Waals surface area contributed by atoms with Crippen molar-refractivity contribution in [3.63, 3.8) is 0 Å². The first-order valence-corrected chi connectivity index (χ1v) is 10.9. The minimum Gasteiger partial charge on any atom is -0.494 e. The van der Waals surface area contributed by atoms with Gasteiger partial charge in [-0.25, -0.2) is 4.98 Å². The topological polar surface area (TPSA) is 72.6 Å². The Hall–Kier alpha value is -3.45. The highest BCUT2D eigenvalue weighted by Crippen LogP contribution is 2.43. The second kappa shape index (κ2) is 7.35. The van der Waals surface area contributed by atoms with Gasteiger partial charge >= 0.3 is 0 Å². The van der Waals surface area contributed by atoms with Crippen molar-refractivity contribution in [2.24, 2.45) is 0 Å². The third-order valence-corrected chi connectivity index (χ3v) is 6.56. The summed E-state index contributed by atoms with van der Waals surface area (Å²) in [5.74, 6) is 0.386. The molecule has 1 aliphatic heterocycles. The number of hydrogen-bond acceptors (Lipinski definition) is 6. The minimum absolute atomic E-state index is 0.0704. The van der Waals surface area contributed by atoms with Crippen molar-refractivity contribution < 1.29 is 13.9 Å². The normalized spacial score (nSPS) is 15.5. The van der Waals surface area contributed by atoms with Crippen LogP contribution in [0.1, 0.15) is 45.2 Å². The third-order valence-electron chi connectivity index (χ3n) is 5.49. The van der Waals surface area contributed by atoms with Crippen LogP contribution in [-0.4, -0.2) is 17.5 Å². The summed E-state index contributed by atoms with van der Waals surface area (Å²) in [6.07, 6.45) is 0. The lowest BCUT2D eigenvalue weighted by molar-refractivity contribution is 0.0971. The molecule has 1 aliphatic rings. The number of fused-ring (bicyclic) bond motifs is 2. The molecule has 0 aliphatic carbocycles. The molecule has 0 unspecified atom stereocenters. The summed E-state index contributed by atoms with van der Waals surface area (Å²) in [4.78, 5) is 34.3. The fourth-order valence-corrected chi connectivity index (χ4v) is 4.87. The lowest BCUT2D eigenvalue weighted by Crippen LogP contribution is -2.29. The number of aromatic nitrogens is 1. The van der Waals surface area contributed by atoms with Crippen molar-refractivity contribution in [1.82, 2.24) is 4.98 Å². The summed E-state index contributed by atoms with van der Waals surface area (Å²) in [5.41, 5.74) is 2.16. The maximum atomic E-state index is 13.5. The Kier molecular flexibility index (Phi) is 4.63. The first kappa shape index (κ1) is 19.5. The number of para-hydroxylation sites is 1. The van der Waals surface area contributed by atoms with Crippen LogP contribution in [0.2, 0.25) is 0 Å². The number of rotatable bonds is 4. The van der Waals surface area contributed by atoms with Gasteiger partial charge in [0, 0.05) is 4.88 Å². The number of anilines is 1. The van der Waals surface area contributed by atoms with Crippen molar-refractivity contribution in [3.05, 3.63) is 86.2 Å². The number of nitrogens with zero attached hydrogens (tertiary/aromatic N) is 2. The molecule has 0 radical (unpaired) electrons. The van der Waals surface area contributed by atoms with Crippen LogP contribution in [0, 0.1) is 13.8 Å². The molecule has 1 amide bonds. The lowest BCUT2D eigenvalue weighted by atomic mass is 9.98. The van der Waals surface area contributed by atoms with E-state index in [-0.39, 0.29) is 17.1 Å². The Balaban J connectivity index is 1.79. The van der Waals surface area contributed by atoms with E-state index in [1.54, 1.807) is 29.2 Å². The summed E-state index contributed by atoms with van der Waals surface area (Å²) in [7, 11) is 0. The fourth-order valence-electron chi connectivity index (χ4n) is 3.93. The number of aryl methyl sites for hydroxylation is 2. The lowest BCUT2D eigenvalue weighted by Gasteiger charge is -2.23. The first-order chi connectivity index (χ1) is 15.0. The van der Waals surface area contributed by atoms with E-state index < -0.39 is 6.04 Å². The molecule has 7 heteroatoms. The van der Waals surface area contributed by atoms with Gasteiger partial charge in [0.1, 0.15) is 11.3 Å². The van der Waals surface area contributed by atoms with Gasteiger partial charge < -0.3 is 9.15 Å². The average Bonchev–Trinajstić information content (AvgIpc) is 3.25. The molecular formula is C24H20N2O4S. The molecule has 0 N–H and O–H groups in total. The zero-order valence-corrected chi connectivity index (χ0v) is 18.2. The molecule has 0 saturated heterocycles. The van der Waals surface area contributed by atoms with E-state index >= 15 is 0 Å². The van der Waals surface area contributed by atoms with Crippen LogP contribution < -0.4 is 15.1 Å². The molecule has 4 aromatic rings. The summed E-state index contributed by atoms with van der Waals surface area (Å²) in [5, 5.41) is 0.995. The maximum Gasteiger partial charge on any atom is 0.297 e. The van der Waals surface area contributed by atoms with E-state index in [0.29, 0.717) is 34.0 Å². The number of thiazole rings is 1. The zero-order chi connectivity index (χ0) is 21.7. The molecule has 31 heavy (non-hydrogen) atoms. The molecule has 2 aromatic heterocycles. The van der Waals surface area contributed by atoms with Crippen LogP contribution in [0.5, 0.6) is 5.75 Å². The van der Waals surface area contributed by atoms with Crippen LogP contribution in [-0.2, 0) is 0 Å². The largest absolute Gasteiger partial charge is 0.494 e. The predicted octanol–water partition coefficient (Wildman–Crippen LogP) is 5.01. The van der Waals surface area contributed by atoms with Gasteiger partial charge in [-0.2, -0.15) is 0 Å². The van der Waals surface area contributed by atoms with E-state index in [1.807, 2.05) is 45.0 Å². The third kappa shape index (κ3) is 3.04. The second-order valence-electron chi connectivity index (χ2n) is 7.39. The van der Waals surface area contributed by atoms with Crippen LogP contribution in [0.4, 0.5) is 5.13 Å². The minimum atomic E-state index is -0.645. The first-order valence-electron chi connectivity index (χ1n) is 10.1. The molecule has 156 valence electrons. The second-order valence-corrected chi connectivity index (χ2v) is 8.57. The van der Waals surface area contributed by atoms with E-state index in [1.165, 1.54) is 11.3 Å². The molecular weight excluding hydrogens is 412 g/mol. The number of ether oxygens (including phenoxy) is 1. The van der Waals surface area contributed by atoms with E-state index in [9.17, 15) is 9.59 Å². The fraction of sp³-hybridized carbons (Fsp3) is 0.208. The highest BCUT2D eigenvalue weighted by molar-refractivity contribution is 7.15. The van der Waals surface area contributed by atoms with Gasteiger partial charge in [0.15, 0.2) is 10.6 Å². The zero-order valence-electron chi connectivity index (χ0n) is 17.3. The molecule has 6 nitrogen and oxygen atoms in total. The van der Waals surface area contributed by atoms with Crippen LogP contribution in [0.15, 0.2) is 57.7 Å². The van der Waals surface area contributed by atoms with Crippen molar-refractivity contribution in [2.45, 2.75) is 26.8 Å². The SMILES string of the molecule is CCOc1cccc([C@H]2c3c(oc4ccccc4c3=O)C(=O)N2c2nc(C)c(C)s2)c1. The van der Waals surface area contributed by atoms with Gasteiger partial charge in [0.05, 0.1) is 29.3 Å². The number of benzene rings is 2. The van der Waals surface area contributed by atoms with Gasteiger partial charge in [-0.15, -0.1) is 11.3 Å². The Morgan fingerprint density at radius 3 is 2.68 bits per heavy atom. The summed E-state index contributed by atoms with van der Waals surface area (Å²) in [6, 6.07) is 13.8. The van der Waals surface area contributed by atoms with Gasteiger partial charge in [0.25, 0.3) is 5.91 Å². The Bertz CT molecular complexity index is 1370. The summed E-state index contributed by atoms with van der Waals surface area (Å²) in [6.45, 7) is 6.30. The van der Waals surface area contributed by atoms with Gasteiger partial charge in [-0.3, -0.25) is 14.5 Å². The maximum absolute atomic E-state index is 13.5. The quantitative estimate of drug-likeness (QED) is 0.453. The standard InChI is InChI=1S/C24H20N2O4S/c1-4-29-16-9-7-8-15(12-16)20-19-21(27)17-10-5-6-11-18(17)30-22(19)23(28)26(20)24-25-13(2)14(3)31-24/h5-12,20H,4H2,1-3H3/t20-/m0/s1. The highest BCUT2D eigenvalue weighted by atomic mass is 32.1. The monoisotopic (exact) mass is 432 g/mol. The smallest absolute Gasteiger partial charge is 0.297 e. The van der Waals surface area contributed by atoms with Crippen LogP contribution >= 0.6 is 11.3 Å². The molecule has 3 heterocycles. The van der Waals surface area contributed by atoms with Crippen LogP contribution in [0.25, 0.3) is 11.0 Å². The van der Waals surface area contributed by atoms with Crippen LogP contribution in [0.3, 0.4) is 0 Å². The predicted molar refractivity (Wildman–Crippen MR) is 120 cm³/mol. The molecule has 0 spiro atoms. The number of hydrogen-bond donors (Lipinski definition) is 0. The van der Waals surface area contributed by atoms with Gasteiger partial charge in [-0.05, 0) is 50.6 Å². The van der Waals surface area contributed by atoms with Gasteiger partial charge in [0.2, 0.25) is 5.76 Å². The van der Waals surface area contributed by atoms with E-state index in [0.717, 1.165) is 16.1 Å². The number of carbonyl (C=O) groups excluding carboxylic acids is 1. The molecule has 0 saturated carbocycles. The molecule has 0 bridgehead atoms. The highest BCUT2D eigenvalue weighted by Gasteiger charge is 2.45. The Morgan fingerprint density at radius 2 is 1.94 bits per heavy atom. The summed E-state index contributed by atoms with van der Waals surface area (Å²) < 4.78 is 11.6. The number of carbonyl (C=O) groups is 1. The molecule has 1 atom stereocenters. The Labute approximate surface area is 182 Å². The Morgan fingerprint density at radius 1 is 1.13 bits per heavy atom.